The van der Waals surface area contributed by atoms with E-state index in [0.717, 1.165) is 16.9 Å². The summed E-state index contributed by atoms with van der Waals surface area (Å²) >= 11 is 0. The van der Waals surface area contributed by atoms with Gasteiger partial charge in [0.25, 0.3) is 0 Å². The minimum absolute atomic E-state index is 0.866. The smallest absolute Gasteiger partial charge is 0.162 e. The topological polar surface area (TPSA) is 21.3 Å². The van der Waals surface area contributed by atoms with E-state index in [0.29, 0.717) is 0 Å². The van der Waals surface area contributed by atoms with Crippen LogP contribution in [0, 0.1) is 0 Å². The number of hydrogen-bond acceptors (Lipinski definition) is 2. The van der Waals surface area contributed by atoms with Gasteiger partial charge in [0, 0.05) is 11.8 Å². The summed E-state index contributed by atoms with van der Waals surface area (Å²) in [5.74, 6) is 0.866. The Morgan fingerprint density at radius 3 is 2.79 bits per heavy atom. The maximum atomic E-state index is 5.28. The third kappa shape index (κ3) is 0.973. The molecule has 3 rings (SSSR count). The maximum Gasteiger partial charge on any atom is 0.162 e. The van der Waals surface area contributed by atoms with Gasteiger partial charge in [0.2, 0.25) is 0 Å². The Kier molecular flexibility index (Phi) is 1.34. The van der Waals surface area contributed by atoms with Gasteiger partial charge in [0.1, 0.15) is 0 Å². The predicted molar refractivity (Wildman–Crippen MR) is 56.6 cm³/mol. The standard InChI is InChI=1S/C12H9NO/c1-8-4-10-6-9-2-3-13-14-12(9)7-11(10)5-8/h2-7,13H,1H2. The Labute approximate surface area is 81.5 Å². The average Bonchev–Trinajstić information content (AvgIpc) is 2.53. The van der Waals surface area contributed by atoms with Gasteiger partial charge in [-0.15, -0.1) is 0 Å². The highest BCUT2D eigenvalue weighted by Gasteiger charge is 2.07. The summed E-state index contributed by atoms with van der Waals surface area (Å²) in [6, 6.07) is 4.13. The van der Waals surface area contributed by atoms with Crippen LogP contribution in [0.15, 0.2) is 30.5 Å². The second-order valence-electron chi connectivity index (χ2n) is 3.44. The van der Waals surface area contributed by atoms with Crippen LogP contribution in [-0.2, 0) is 0 Å². The Morgan fingerprint density at radius 2 is 1.93 bits per heavy atom. The first-order valence-corrected chi connectivity index (χ1v) is 4.48. The number of nitrogens with one attached hydrogen (secondary N) is 1. The van der Waals surface area contributed by atoms with E-state index in [1.54, 1.807) is 6.20 Å². The molecule has 0 spiro atoms. The lowest BCUT2D eigenvalue weighted by Gasteiger charge is -2.11. The summed E-state index contributed by atoms with van der Waals surface area (Å²) < 4.78 is 0. The molecule has 1 aliphatic heterocycles. The fourth-order valence-electron chi connectivity index (χ4n) is 1.76. The van der Waals surface area contributed by atoms with Gasteiger partial charge in [-0.2, -0.15) is 0 Å². The van der Waals surface area contributed by atoms with E-state index < -0.39 is 0 Å². The van der Waals surface area contributed by atoms with E-state index in [9.17, 15) is 0 Å². The average molecular weight is 183 g/mol. The Morgan fingerprint density at radius 1 is 1.14 bits per heavy atom. The molecule has 1 aromatic rings. The van der Waals surface area contributed by atoms with Gasteiger partial charge in [-0.1, -0.05) is 6.58 Å². The molecule has 0 amide bonds. The van der Waals surface area contributed by atoms with Gasteiger partial charge in [0.15, 0.2) is 5.75 Å². The highest BCUT2D eigenvalue weighted by atomic mass is 16.6. The highest BCUT2D eigenvalue weighted by molar-refractivity contribution is 5.72. The number of benzene rings is 1. The zero-order chi connectivity index (χ0) is 9.54. The van der Waals surface area contributed by atoms with Crippen molar-refractivity contribution in [1.82, 2.24) is 5.48 Å². The largest absolute Gasteiger partial charge is 0.382 e. The minimum Gasteiger partial charge on any atom is -0.382 e. The lowest BCUT2D eigenvalue weighted by atomic mass is 10.1. The van der Waals surface area contributed by atoms with Crippen LogP contribution in [0.4, 0.5) is 0 Å². The van der Waals surface area contributed by atoms with E-state index in [2.05, 4.69) is 30.3 Å². The molecule has 68 valence electrons. The van der Waals surface area contributed by atoms with Crippen molar-refractivity contribution in [3.63, 3.8) is 0 Å². The molecule has 2 aliphatic rings. The Balaban J connectivity index is 2.37. The van der Waals surface area contributed by atoms with Crippen LogP contribution in [0.2, 0.25) is 0 Å². The summed E-state index contributed by atoms with van der Waals surface area (Å²) in [5, 5.41) is 2.38. The van der Waals surface area contributed by atoms with Crippen molar-refractivity contribution in [2.45, 2.75) is 0 Å². The summed E-state index contributed by atoms with van der Waals surface area (Å²) in [6.45, 7) is 3.91. The van der Waals surface area contributed by atoms with Gasteiger partial charge in [0.05, 0.1) is 0 Å². The summed E-state index contributed by atoms with van der Waals surface area (Å²) in [4.78, 5) is 5.28. The zero-order valence-corrected chi connectivity index (χ0v) is 7.58. The molecule has 2 nitrogen and oxygen atoms in total. The number of fused-ring (bicyclic) bond motifs is 2. The second kappa shape index (κ2) is 2.51. The monoisotopic (exact) mass is 183 g/mol. The van der Waals surface area contributed by atoms with Crippen LogP contribution < -0.4 is 20.8 Å². The van der Waals surface area contributed by atoms with Gasteiger partial charge >= 0.3 is 0 Å². The van der Waals surface area contributed by atoms with Crippen LogP contribution in [0.3, 0.4) is 0 Å². The predicted octanol–water partition coefficient (Wildman–Crippen LogP) is 0.685. The van der Waals surface area contributed by atoms with Gasteiger partial charge in [-0.3, -0.25) is 0 Å². The summed E-state index contributed by atoms with van der Waals surface area (Å²) in [5.41, 5.74) is 4.86. The number of hydrogen-bond donors (Lipinski definition) is 1. The molecule has 0 radical (unpaired) electrons. The lowest BCUT2D eigenvalue weighted by Crippen LogP contribution is -2.25. The molecule has 14 heavy (non-hydrogen) atoms. The first kappa shape index (κ1) is 7.44. The van der Waals surface area contributed by atoms with Crippen LogP contribution in [0.5, 0.6) is 5.75 Å². The van der Waals surface area contributed by atoms with Gasteiger partial charge in [-0.05, 0) is 46.4 Å². The van der Waals surface area contributed by atoms with E-state index in [4.69, 9.17) is 4.84 Å². The van der Waals surface area contributed by atoms with E-state index in [-0.39, 0.29) is 0 Å². The van der Waals surface area contributed by atoms with Crippen molar-refractivity contribution in [2.75, 3.05) is 0 Å². The fourth-order valence-corrected chi connectivity index (χ4v) is 1.76. The molecular weight excluding hydrogens is 174 g/mol. The second-order valence-corrected chi connectivity index (χ2v) is 3.44. The molecule has 0 unspecified atom stereocenters. The van der Waals surface area contributed by atoms with E-state index in [1.165, 1.54) is 10.4 Å². The van der Waals surface area contributed by atoms with Crippen molar-refractivity contribution in [1.29, 1.82) is 0 Å². The highest BCUT2D eigenvalue weighted by Crippen LogP contribution is 2.18. The molecule has 0 aromatic heterocycles. The summed E-state index contributed by atoms with van der Waals surface area (Å²) in [7, 11) is 0. The first-order chi connectivity index (χ1) is 6.83. The fraction of sp³-hybridized carbons (Fsp3) is 0. The zero-order valence-electron chi connectivity index (χ0n) is 7.58. The van der Waals surface area contributed by atoms with Crippen molar-refractivity contribution < 1.29 is 4.84 Å². The molecule has 0 fully saturated rings. The van der Waals surface area contributed by atoms with Crippen LogP contribution in [0.25, 0.3) is 18.2 Å². The third-order valence-corrected chi connectivity index (χ3v) is 2.40. The first-order valence-electron chi connectivity index (χ1n) is 4.48. The molecule has 2 heteroatoms. The van der Waals surface area contributed by atoms with Gasteiger partial charge < -0.3 is 4.84 Å². The van der Waals surface area contributed by atoms with Crippen LogP contribution in [-0.4, -0.2) is 0 Å². The molecule has 0 saturated carbocycles. The lowest BCUT2D eigenvalue weighted by molar-refractivity contribution is 0.239. The Hall–Kier alpha value is -1.96. The molecule has 1 N–H and O–H groups in total. The van der Waals surface area contributed by atoms with Crippen molar-refractivity contribution in [3.8, 4) is 5.75 Å². The normalized spacial score (nSPS) is 15.9. The SMILES string of the molecule is C=C1C=c2cc3c(cc2=C1)ONC=C3. The number of hydroxylamine groups is 1. The minimum atomic E-state index is 0.866. The molecule has 0 saturated heterocycles. The molecular formula is C12H9NO. The molecule has 1 aromatic carbocycles. The van der Waals surface area contributed by atoms with Crippen molar-refractivity contribution in [3.05, 3.63) is 46.5 Å². The van der Waals surface area contributed by atoms with Crippen molar-refractivity contribution in [2.24, 2.45) is 0 Å². The van der Waals surface area contributed by atoms with Crippen LogP contribution >= 0.6 is 0 Å². The molecule has 1 heterocycles. The van der Waals surface area contributed by atoms with E-state index >= 15 is 0 Å². The third-order valence-electron chi connectivity index (χ3n) is 2.40. The van der Waals surface area contributed by atoms with Gasteiger partial charge in [-0.25, -0.2) is 5.48 Å². The van der Waals surface area contributed by atoms with E-state index in [1.807, 2.05) is 12.1 Å². The maximum absolute atomic E-state index is 5.28. The molecule has 0 atom stereocenters. The molecule has 0 bridgehead atoms. The quantitative estimate of drug-likeness (QED) is 0.638. The summed E-state index contributed by atoms with van der Waals surface area (Å²) in [6.07, 6.45) is 7.90. The molecule has 1 aliphatic carbocycles. The Bertz CT molecular complexity index is 567. The number of allylic oxidation sites excluding steroid dienone is 1. The van der Waals surface area contributed by atoms with Crippen molar-refractivity contribution >= 4 is 18.2 Å². The van der Waals surface area contributed by atoms with Crippen LogP contribution in [0.1, 0.15) is 5.56 Å². The number of rotatable bonds is 0.